The topological polar surface area (TPSA) is 74.6 Å². The van der Waals surface area contributed by atoms with E-state index in [0.717, 1.165) is 6.42 Å². The molecule has 1 rings (SSSR count). The Morgan fingerprint density at radius 1 is 1.29 bits per heavy atom. The van der Waals surface area contributed by atoms with Gasteiger partial charge in [-0.25, -0.2) is 0 Å². The molecule has 4 heteroatoms. The first-order chi connectivity index (χ1) is 6.45. The van der Waals surface area contributed by atoms with Crippen molar-refractivity contribution < 1.29 is 19.8 Å². The Morgan fingerprint density at radius 2 is 1.86 bits per heavy atom. The van der Waals surface area contributed by atoms with Gasteiger partial charge < -0.3 is 10.2 Å². The van der Waals surface area contributed by atoms with Gasteiger partial charge in [0.15, 0.2) is 0 Å². The number of carboxylic acids is 2. The van der Waals surface area contributed by atoms with Gasteiger partial charge in [0.2, 0.25) is 0 Å². The van der Waals surface area contributed by atoms with Crippen molar-refractivity contribution in [1.82, 2.24) is 0 Å². The predicted octanol–water partition coefficient (Wildman–Crippen LogP) is 1.45. The highest BCUT2D eigenvalue weighted by Gasteiger charge is 2.43. The van der Waals surface area contributed by atoms with E-state index in [1.807, 2.05) is 6.92 Å². The lowest BCUT2D eigenvalue weighted by atomic mass is 9.82. The Balaban J connectivity index is 2.79. The molecule has 1 fully saturated rings. The lowest BCUT2D eigenvalue weighted by Gasteiger charge is -2.21. The number of rotatable bonds is 3. The van der Waals surface area contributed by atoms with Gasteiger partial charge in [0.05, 0.1) is 11.8 Å². The van der Waals surface area contributed by atoms with Gasteiger partial charge in [0.1, 0.15) is 0 Å². The van der Waals surface area contributed by atoms with Gasteiger partial charge in [0, 0.05) is 0 Å². The van der Waals surface area contributed by atoms with E-state index in [9.17, 15) is 9.59 Å². The number of hydrogen-bond donors (Lipinski definition) is 2. The van der Waals surface area contributed by atoms with Crippen LogP contribution in [0.5, 0.6) is 0 Å². The standard InChI is InChI=1S/C10H16O4/c1-5-3-4-7(6(2)9(11)12)8(5)10(13)14/h5-8H,3-4H2,1-2H3,(H,11,12)(H,13,14)/t5-,6-,7+,8-/m0/s1. The normalized spacial score (nSPS) is 34.0. The maximum atomic E-state index is 11.0. The highest BCUT2D eigenvalue weighted by Crippen LogP contribution is 2.41. The molecule has 4 nitrogen and oxygen atoms in total. The van der Waals surface area contributed by atoms with Crippen LogP contribution >= 0.6 is 0 Å². The van der Waals surface area contributed by atoms with Gasteiger partial charge in [-0.15, -0.1) is 0 Å². The summed E-state index contributed by atoms with van der Waals surface area (Å²) in [5.74, 6) is -2.90. The largest absolute Gasteiger partial charge is 0.481 e. The molecule has 0 aromatic rings. The third-order valence-corrected chi connectivity index (χ3v) is 3.35. The average molecular weight is 200 g/mol. The van der Waals surface area contributed by atoms with Crippen molar-refractivity contribution in [2.24, 2.45) is 23.7 Å². The minimum Gasteiger partial charge on any atom is -0.481 e. The van der Waals surface area contributed by atoms with Crippen LogP contribution in [0.25, 0.3) is 0 Å². The quantitative estimate of drug-likeness (QED) is 0.723. The zero-order valence-electron chi connectivity index (χ0n) is 8.43. The Labute approximate surface area is 82.9 Å². The van der Waals surface area contributed by atoms with Crippen LogP contribution in [-0.4, -0.2) is 22.2 Å². The second-order valence-corrected chi connectivity index (χ2v) is 4.21. The second-order valence-electron chi connectivity index (χ2n) is 4.21. The smallest absolute Gasteiger partial charge is 0.307 e. The van der Waals surface area contributed by atoms with Crippen LogP contribution in [0.2, 0.25) is 0 Å². The van der Waals surface area contributed by atoms with Gasteiger partial charge in [-0.3, -0.25) is 9.59 Å². The summed E-state index contributed by atoms with van der Waals surface area (Å²) in [6, 6.07) is 0. The molecule has 2 N–H and O–H groups in total. The molecule has 0 spiro atoms. The highest BCUT2D eigenvalue weighted by molar-refractivity contribution is 5.75. The monoisotopic (exact) mass is 200 g/mol. The lowest BCUT2D eigenvalue weighted by molar-refractivity contribution is -0.148. The Bertz CT molecular complexity index is 249. The van der Waals surface area contributed by atoms with Crippen LogP contribution in [0.3, 0.4) is 0 Å². The van der Waals surface area contributed by atoms with Gasteiger partial charge >= 0.3 is 11.9 Å². The molecular weight excluding hydrogens is 184 g/mol. The van der Waals surface area contributed by atoms with Crippen LogP contribution in [0, 0.1) is 23.7 Å². The van der Waals surface area contributed by atoms with Crippen molar-refractivity contribution in [3.8, 4) is 0 Å². The first-order valence-electron chi connectivity index (χ1n) is 4.90. The van der Waals surface area contributed by atoms with Crippen LogP contribution < -0.4 is 0 Å². The van der Waals surface area contributed by atoms with E-state index in [-0.39, 0.29) is 11.8 Å². The molecule has 0 aliphatic heterocycles. The van der Waals surface area contributed by atoms with Crippen molar-refractivity contribution in [2.45, 2.75) is 26.7 Å². The summed E-state index contributed by atoms with van der Waals surface area (Å²) in [5, 5.41) is 17.8. The van der Waals surface area contributed by atoms with Crippen molar-refractivity contribution in [3.63, 3.8) is 0 Å². The minimum atomic E-state index is -0.893. The van der Waals surface area contributed by atoms with Crippen molar-refractivity contribution in [3.05, 3.63) is 0 Å². The first kappa shape index (κ1) is 11.0. The Morgan fingerprint density at radius 3 is 2.29 bits per heavy atom. The van der Waals surface area contributed by atoms with E-state index in [0.29, 0.717) is 6.42 Å². The number of hydrogen-bond acceptors (Lipinski definition) is 2. The minimum absolute atomic E-state index is 0.0966. The van der Waals surface area contributed by atoms with Crippen molar-refractivity contribution in [1.29, 1.82) is 0 Å². The lowest BCUT2D eigenvalue weighted by Crippen LogP contribution is -2.30. The van der Waals surface area contributed by atoms with Crippen LogP contribution in [0.4, 0.5) is 0 Å². The van der Waals surface area contributed by atoms with E-state index in [4.69, 9.17) is 10.2 Å². The van der Waals surface area contributed by atoms with E-state index < -0.39 is 23.8 Å². The van der Waals surface area contributed by atoms with Crippen LogP contribution in [0.15, 0.2) is 0 Å². The molecule has 0 bridgehead atoms. The molecule has 80 valence electrons. The molecule has 1 aliphatic rings. The molecule has 4 atom stereocenters. The molecule has 0 unspecified atom stereocenters. The molecule has 1 saturated carbocycles. The summed E-state index contributed by atoms with van der Waals surface area (Å²) in [4.78, 5) is 21.7. The molecule has 0 aromatic heterocycles. The second kappa shape index (κ2) is 3.98. The maximum absolute atomic E-state index is 11.0. The predicted molar refractivity (Wildman–Crippen MR) is 49.8 cm³/mol. The SMILES string of the molecule is C[C@H](C(=O)O)[C@H]1CC[C@H](C)[C@@H]1C(=O)O. The molecule has 0 aromatic carbocycles. The Kier molecular flexibility index (Phi) is 3.13. The molecule has 0 saturated heterocycles. The fourth-order valence-corrected chi connectivity index (χ4v) is 2.41. The van der Waals surface area contributed by atoms with E-state index in [1.165, 1.54) is 0 Å². The van der Waals surface area contributed by atoms with E-state index in [2.05, 4.69) is 0 Å². The van der Waals surface area contributed by atoms with Gasteiger partial charge in [0.25, 0.3) is 0 Å². The summed E-state index contributed by atoms with van der Waals surface area (Å²) < 4.78 is 0. The fourth-order valence-electron chi connectivity index (χ4n) is 2.41. The van der Waals surface area contributed by atoms with Crippen LogP contribution in [-0.2, 0) is 9.59 Å². The Hall–Kier alpha value is -1.06. The average Bonchev–Trinajstić information content (AvgIpc) is 2.45. The molecular formula is C10H16O4. The zero-order valence-corrected chi connectivity index (χ0v) is 8.43. The van der Waals surface area contributed by atoms with Crippen molar-refractivity contribution in [2.75, 3.05) is 0 Å². The number of aliphatic carboxylic acids is 2. The highest BCUT2D eigenvalue weighted by atomic mass is 16.4. The summed E-state index contributed by atoms with van der Waals surface area (Å²) in [6.45, 7) is 3.48. The van der Waals surface area contributed by atoms with E-state index >= 15 is 0 Å². The van der Waals surface area contributed by atoms with E-state index in [1.54, 1.807) is 6.92 Å². The summed E-state index contributed by atoms with van der Waals surface area (Å²) >= 11 is 0. The number of carboxylic acid groups (broad SMARTS) is 2. The molecule has 0 amide bonds. The number of carbonyl (C=O) groups is 2. The summed E-state index contributed by atoms with van der Waals surface area (Å²) in [5.41, 5.74) is 0. The zero-order chi connectivity index (χ0) is 10.9. The van der Waals surface area contributed by atoms with Gasteiger partial charge in [-0.05, 0) is 24.7 Å². The summed E-state index contributed by atoms with van der Waals surface area (Å²) in [7, 11) is 0. The fraction of sp³-hybridized carbons (Fsp3) is 0.800. The molecule has 1 aliphatic carbocycles. The first-order valence-corrected chi connectivity index (χ1v) is 4.90. The van der Waals surface area contributed by atoms with Gasteiger partial charge in [-0.1, -0.05) is 13.8 Å². The van der Waals surface area contributed by atoms with Crippen molar-refractivity contribution >= 4 is 11.9 Å². The third-order valence-electron chi connectivity index (χ3n) is 3.35. The third kappa shape index (κ3) is 1.89. The van der Waals surface area contributed by atoms with Crippen LogP contribution in [0.1, 0.15) is 26.7 Å². The molecule has 0 radical (unpaired) electrons. The summed E-state index contributed by atoms with van der Waals surface area (Å²) in [6.07, 6.45) is 1.53. The molecule has 14 heavy (non-hydrogen) atoms. The molecule has 0 heterocycles. The van der Waals surface area contributed by atoms with Gasteiger partial charge in [-0.2, -0.15) is 0 Å². The maximum Gasteiger partial charge on any atom is 0.307 e.